The van der Waals surface area contributed by atoms with Crippen molar-refractivity contribution in [3.05, 3.63) is 55.1 Å². The van der Waals surface area contributed by atoms with Crippen molar-refractivity contribution in [3.8, 4) is 5.75 Å². The Kier molecular flexibility index (Phi) is 14.3. The second-order valence-corrected chi connectivity index (χ2v) is 10.9. The van der Waals surface area contributed by atoms with Gasteiger partial charge in [-0.25, -0.2) is 29.6 Å². The molecule has 0 aliphatic carbocycles. The summed E-state index contributed by atoms with van der Waals surface area (Å²) >= 11 is 0. The van der Waals surface area contributed by atoms with Crippen LogP contribution in [0, 0.1) is 0 Å². The zero-order valence-corrected chi connectivity index (χ0v) is 23.8. The second-order valence-electron chi connectivity index (χ2n) is 8.86. The zero-order valence-electron chi connectivity index (χ0n) is 22.9. The maximum absolute atomic E-state index is 13.6. The fourth-order valence-corrected chi connectivity index (χ4v) is 4.94. The van der Waals surface area contributed by atoms with Crippen LogP contribution in [-0.4, -0.2) is 72.2 Å². The number of carbonyl (C=O) groups excluding carboxylic acids is 1. The molecule has 1 aromatic carbocycles. The summed E-state index contributed by atoms with van der Waals surface area (Å²) in [5.41, 5.74) is 6.91. The standard InChI is InChI=1S/C21H29N6O5P.C4H4O4.CH4/c1-14(2)31-21(28)16(4)26-33(29,32-17-8-6-5-7-9-17)13-30-15(3)10-27-12-25-18-19(22)23-11-24-20(18)27;5-3(6)1-2-4(7)8;/h5-9,11-12,14-16H,10,13H2,1-4H3,(H,26,29)(H2,22,23,24);1-2H,(H,5,6)(H,7,8);1H4/b;2-1+;/t15-,16+,33+;;/m1../s1. The molecule has 3 aromatic rings. The average molecular weight is 609 g/mol. The number of hydrogen-bond donors (Lipinski definition) is 4. The first-order chi connectivity index (χ1) is 19.3. The van der Waals surface area contributed by atoms with Crippen LogP contribution in [0.4, 0.5) is 5.82 Å². The van der Waals surface area contributed by atoms with Gasteiger partial charge >= 0.3 is 25.4 Å². The van der Waals surface area contributed by atoms with Crippen LogP contribution >= 0.6 is 7.52 Å². The van der Waals surface area contributed by atoms with Crippen molar-refractivity contribution in [2.75, 3.05) is 12.1 Å². The summed E-state index contributed by atoms with van der Waals surface area (Å²) < 4.78 is 32.2. The van der Waals surface area contributed by atoms with E-state index in [-0.39, 0.29) is 26.0 Å². The van der Waals surface area contributed by atoms with Gasteiger partial charge < -0.3 is 34.5 Å². The van der Waals surface area contributed by atoms with Crippen molar-refractivity contribution in [1.29, 1.82) is 0 Å². The van der Waals surface area contributed by atoms with Crippen molar-refractivity contribution in [2.45, 2.75) is 59.9 Å². The van der Waals surface area contributed by atoms with Crippen LogP contribution in [-0.2, 0) is 35.0 Å². The minimum absolute atomic E-state index is 0. The normalized spacial score (nSPS) is 13.7. The van der Waals surface area contributed by atoms with E-state index in [1.807, 2.05) is 13.0 Å². The zero-order chi connectivity index (χ0) is 30.6. The first kappa shape index (κ1) is 35.7. The van der Waals surface area contributed by atoms with E-state index < -0.39 is 31.5 Å². The first-order valence-electron chi connectivity index (χ1n) is 12.3. The molecule has 0 aliphatic rings. The number of hydrogen-bond acceptors (Lipinski definition) is 11. The molecule has 0 saturated heterocycles. The summed E-state index contributed by atoms with van der Waals surface area (Å²) in [6, 6.07) is 7.83. The Hall–Kier alpha value is -4.33. The molecular weight excluding hydrogens is 571 g/mol. The van der Waals surface area contributed by atoms with Crippen LogP contribution in [0.25, 0.3) is 11.2 Å². The maximum atomic E-state index is 13.6. The Labute approximate surface area is 243 Å². The average Bonchev–Trinajstić information content (AvgIpc) is 3.30. The van der Waals surface area contributed by atoms with E-state index in [2.05, 4.69) is 20.0 Å². The van der Waals surface area contributed by atoms with E-state index in [4.69, 9.17) is 29.9 Å². The highest BCUT2D eigenvalue weighted by molar-refractivity contribution is 7.57. The molecule has 0 saturated carbocycles. The molecule has 0 fully saturated rings. The lowest BCUT2D eigenvalue weighted by atomic mass is 10.3. The Morgan fingerprint density at radius 1 is 1.05 bits per heavy atom. The lowest BCUT2D eigenvalue weighted by Crippen LogP contribution is -2.37. The predicted octanol–water partition coefficient (Wildman–Crippen LogP) is 3.32. The van der Waals surface area contributed by atoms with E-state index in [9.17, 15) is 18.9 Å². The minimum Gasteiger partial charge on any atom is -0.478 e. The van der Waals surface area contributed by atoms with Gasteiger partial charge in [0.2, 0.25) is 0 Å². The lowest BCUT2D eigenvalue weighted by Gasteiger charge is -2.25. The van der Waals surface area contributed by atoms with Gasteiger partial charge in [0, 0.05) is 12.2 Å². The van der Waals surface area contributed by atoms with Gasteiger partial charge in [-0.3, -0.25) is 9.36 Å². The molecule has 0 amide bonds. The molecule has 0 bridgehead atoms. The summed E-state index contributed by atoms with van der Waals surface area (Å²) in [6.07, 6.45) is 3.13. The molecule has 230 valence electrons. The number of carboxylic acid groups (broad SMARTS) is 2. The highest BCUT2D eigenvalue weighted by atomic mass is 31.2. The third-order valence-electron chi connectivity index (χ3n) is 4.87. The number of nitrogens with one attached hydrogen (secondary N) is 1. The molecule has 0 aliphatic heterocycles. The van der Waals surface area contributed by atoms with Crippen molar-refractivity contribution in [1.82, 2.24) is 24.6 Å². The van der Waals surface area contributed by atoms with Crippen LogP contribution in [0.3, 0.4) is 0 Å². The lowest BCUT2D eigenvalue weighted by molar-refractivity contribution is -0.149. The molecule has 2 heterocycles. The molecular formula is C26H37N6O9P. The van der Waals surface area contributed by atoms with Gasteiger partial charge in [0.1, 0.15) is 30.0 Å². The minimum atomic E-state index is -3.64. The van der Waals surface area contributed by atoms with Gasteiger partial charge in [0.05, 0.1) is 25.1 Å². The van der Waals surface area contributed by atoms with Crippen LogP contribution in [0.2, 0.25) is 0 Å². The number of nitrogens with two attached hydrogens (primary N) is 1. The fourth-order valence-electron chi connectivity index (χ4n) is 3.15. The number of ether oxygens (including phenoxy) is 2. The molecule has 0 unspecified atom stereocenters. The largest absolute Gasteiger partial charge is 0.478 e. The monoisotopic (exact) mass is 608 g/mol. The number of rotatable bonds is 13. The van der Waals surface area contributed by atoms with Gasteiger partial charge in [0.15, 0.2) is 11.5 Å². The molecule has 16 heteroatoms. The number of para-hydroxylation sites is 1. The summed E-state index contributed by atoms with van der Waals surface area (Å²) in [6.45, 7) is 7.25. The quantitative estimate of drug-likeness (QED) is 0.124. The van der Waals surface area contributed by atoms with E-state index in [0.29, 0.717) is 41.4 Å². The number of nitrogen functional groups attached to an aromatic ring is 1. The van der Waals surface area contributed by atoms with Crippen LogP contribution in [0.15, 0.2) is 55.1 Å². The first-order valence-corrected chi connectivity index (χ1v) is 14.1. The number of aliphatic carboxylic acids is 2. The van der Waals surface area contributed by atoms with Crippen molar-refractivity contribution in [3.63, 3.8) is 0 Å². The summed E-state index contributed by atoms with van der Waals surface area (Å²) in [5.74, 6) is -2.36. The topological polar surface area (TPSA) is 218 Å². The Balaban J connectivity index is 0.000000860. The summed E-state index contributed by atoms with van der Waals surface area (Å²) in [5, 5.41) is 18.4. The third-order valence-corrected chi connectivity index (χ3v) is 6.65. The van der Waals surface area contributed by atoms with Crippen LogP contribution in [0.1, 0.15) is 35.1 Å². The summed E-state index contributed by atoms with van der Waals surface area (Å²) in [4.78, 5) is 43.7. The van der Waals surface area contributed by atoms with Gasteiger partial charge in [-0.2, -0.15) is 0 Å². The second kappa shape index (κ2) is 16.8. The Bertz CT molecular complexity index is 1380. The number of anilines is 1. The molecule has 2 aromatic heterocycles. The molecule has 0 radical (unpaired) electrons. The Morgan fingerprint density at radius 2 is 1.67 bits per heavy atom. The van der Waals surface area contributed by atoms with E-state index >= 15 is 0 Å². The number of carbonyl (C=O) groups is 3. The van der Waals surface area contributed by atoms with Crippen molar-refractivity contribution >= 4 is 42.4 Å². The van der Waals surface area contributed by atoms with Gasteiger partial charge in [0.25, 0.3) is 0 Å². The fraction of sp³-hybridized carbons (Fsp3) is 0.385. The highest BCUT2D eigenvalue weighted by Gasteiger charge is 2.32. The van der Waals surface area contributed by atoms with E-state index in [1.54, 1.807) is 55.9 Å². The van der Waals surface area contributed by atoms with E-state index in [1.165, 1.54) is 6.33 Å². The number of carboxylic acids is 2. The summed E-state index contributed by atoms with van der Waals surface area (Å²) in [7, 11) is -3.64. The van der Waals surface area contributed by atoms with Gasteiger partial charge in [-0.15, -0.1) is 0 Å². The predicted molar refractivity (Wildman–Crippen MR) is 155 cm³/mol. The van der Waals surface area contributed by atoms with Crippen LogP contribution in [0.5, 0.6) is 5.75 Å². The number of benzene rings is 1. The molecule has 42 heavy (non-hydrogen) atoms. The molecule has 15 nitrogen and oxygen atoms in total. The number of fused-ring (bicyclic) bond motifs is 1. The number of aromatic nitrogens is 4. The highest BCUT2D eigenvalue weighted by Crippen LogP contribution is 2.44. The van der Waals surface area contributed by atoms with Gasteiger partial charge in [-0.1, -0.05) is 25.6 Å². The maximum Gasteiger partial charge on any atom is 0.342 e. The SMILES string of the molecule is C.CC(C)OC(=O)[C@H](C)N[P@](=O)(CO[C@H](C)Cn1cnc2c(N)ncnc21)Oc1ccccc1.O=C(O)/C=C/C(=O)O. The molecule has 5 N–H and O–H groups in total. The van der Waals surface area contributed by atoms with Crippen molar-refractivity contribution in [2.24, 2.45) is 0 Å². The number of esters is 1. The molecule has 3 rings (SSSR count). The third kappa shape index (κ3) is 12.0. The number of nitrogens with zero attached hydrogens (tertiary/aromatic N) is 4. The number of imidazole rings is 1. The van der Waals surface area contributed by atoms with Crippen molar-refractivity contribution < 1.29 is 43.2 Å². The smallest absolute Gasteiger partial charge is 0.342 e. The van der Waals surface area contributed by atoms with E-state index in [0.717, 1.165) is 0 Å². The molecule has 3 atom stereocenters. The van der Waals surface area contributed by atoms with Gasteiger partial charge in [-0.05, 0) is 39.8 Å². The van der Waals surface area contributed by atoms with Crippen LogP contribution < -0.4 is 15.3 Å². The Morgan fingerprint density at radius 3 is 2.24 bits per heavy atom. The molecule has 0 spiro atoms.